The van der Waals surface area contributed by atoms with E-state index in [0.29, 0.717) is 33.9 Å². The maximum absolute atomic E-state index is 12.8. The van der Waals surface area contributed by atoms with Crippen LogP contribution in [-0.4, -0.2) is 48.8 Å². The molecule has 164 valence electrons. The molecule has 0 saturated carbocycles. The normalized spacial score (nSPS) is 15.5. The summed E-state index contributed by atoms with van der Waals surface area (Å²) in [7, 11) is 0. The number of benzene rings is 1. The quantitative estimate of drug-likeness (QED) is 0.453. The van der Waals surface area contributed by atoms with Crippen LogP contribution in [0, 0.1) is 0 Å². The van der Waals surface area contributed by atoms with Gasteiger partial charge in [0.25, 0.3) is 0 Å². The lowest BCUT2D eigenvalue weighted by Crippen LogP contribution is -2.32. The number of alkyl halides is 1. The van der Waals surface area contributed by atoms with Crippen molar-refractivity contribution in [3.63, 3.8) is 0 Å². The van der Waals surface area contributed by atoms with Crippen LogP contribution in [0.5, 0.6) is 5.75 Å². The van der Waals surface area contributed by atoms with Gasteiger partial charge in [0.15, 0.2) is 0 Å². The van der Waals surface area contributed by atoms with E-state index in [9.17, 15) is 14.7 Å². The van der Waals surface area contributed by atoms with Crippen molar-refractivity contribution in [3.8, 4) is 5.75 Å². The summed E-state index contributed by atoms with van der Waals surface area (Å²) in [5.74, 6) is -1.17. The highest BCUT2D eigenvalue weighted by Crippen LogP contribution is 2.40. The lowest BCUT2D eigenvalue weighted by Gasteiger charge is -2.30. The van der Waals surface area contributed by atoms with E-state index in [0.717, 1.165) is 0 Å². The molecule has 8 heteroatoms. The van der Waals surface area contributed by atoms with E-state index in [1.54, 1.807) is 52.0 Å². The number of hydrogen-bond donors (Lipinski definition) is 2. The minimum absolute atomic E-state index is 0.0262. The minimum Gasteiger partial charge on any atom is -0.491 e. The highest BCUT2D eigenvalue weighted by molar-refractivity contribution is 6.18. The molecule has 0 aromatic heterocycles. The number of ether oxygens (including phenoxy) is 3. The second-order valence-corrected chi connectivity index (χ2v) is 7.08. The van der Waals surface area contributed by atoms with Gasteiger partial charge in [0.2, 0.25) is 0 Å². The van der Waals surface area contributed by atoms with Crippen LogP contribution in [0.4, 0.5) is 0 Å². The van der Waals surface area contributed by atoms with Gasteiger partial charge in [-0.1, -0.05) is 12.1 Å². The lowest BCUT2D eigenvalue weighted by molar-refractivity contribution is -0.139. The van der Waals surface area contributed by atoms with E-state index >= 15 is 0 Å². The van der Waals surface area contributed by atoms with Gasteiger partial charge in [0.1, 0.15) is 18.5 Å². The molecular weight excluding hydrogens is 410 g/mol. The van der Waals surface area contributed by atoms with Crippen molar-refractivity contribution in [3.05, 3.63) is 52.4 Å². The molecular formula is C22H28ClNO6. The Bertz CT molecular complexity index is 808. The van der Waals surface area contributed by atoms with Crippen molar-refractivity contribution in [2.75, 3.05) is 25.7 Å². The number of rotatable bonds is 9. The van der Waals surface area contributed by atoms with Gasteiger partial charge >= 0.3 is 11.9 Å². The van der Waals surface area contributed by atoms with E-state index in [4.69, 9.17) is 25.8 Å². The lowest BCUT2D eigenvalue weighted by atomic mass is 9.80. The van der Waals surface area contributed by atoms with Crippen LogP contribution in [0.1, 0.15) is 39.2 Å². The molecule has 0 saturated heterocycles. The molecule has 0 spiro atoms. The van der Waals surface area contributed by atoms with Gasteiger partial charge in [0.05, 0.1) is 36.2 Å². The molecule has 0 amide bonds. The van der Waals surface area contributed by atoms with Crippen LogP contribution >= 0.6 is 11.6 Å². The third-order valence-electron chi connectivity index (χ3n) is 4.56. The van der Waals surface area contributed by atoms with Gasteiger partial charge in [-0.15, -0.1) is 11.6 Å². The Morgan fingerprint density at radius 3 is 2.17 bits per heavy atom. The van der Waals surface area contributed by atoms with E-state index < -0.39 is 24.0 Å². The molecule has 1 aromatic carbocycles. The summed E-state index contributed by atoms with van der Waals surface area (Å²) in [6.07, 6.45) is -0.802. The Morgan fingerprint density at radius 2 is 1.67 bits per heavy atom. The molecule has 0 fully saturated rings. The number of esters is 2. The zero-order chi connectivity index (χ0) is 22.3. The molecule has 0 bridgehead atoms. The Balaban J connectivity index is 2.53. The van der Waals surface area contributed by atoms with Gasteiger partial charge in [-0.3, -0.25) is 0 Å². The monoisotopic (exact) mass is 437 g/mol. The Morgan fingerprint density at radius 1 is 1.10 bits per heavy atom. The highest BCUT2D eigenvalue weighted by atomic mass is 35.5. The second-order valence-electron chi connectivity index (χ2n) is 6.77. The Labute approximate surface area is 181 Å². The summed E-state index contributed by atoms with van der Waals surface area (Å²) in [6.45, 7) is 7.42. The number of hydrogen-bond acceptors (Lipinski definition) is 7. The van der Waals surface area contributed by atoms with Crippen LogP contribution < -0.4 is 10.1 Å². The summed E-state index contributed by atoms with van der Waals surface area (Å²) in [5, 5.41) is 12.8. The topological polar surface area (TPSA) is 94.1 Å². The molecule has 1 aromatic rings. The highest BCUT2D eigenvalue weighted by Gasteiger charge is 2.38. The number of nitrogens with one attached hydrogen (secondary N) is 1. The molecule has 1 atom stereocenters. The molecule has 1 aliphatic rings. The number of carbonyl (C=O) groups excluding carboxylic acids is 2. The minimum atomic E-state index is -0.802. The average Bonchev–Trinajstić information content (AvgIpc) is 2.71. The molecule has 0 aliphatic carbocycles. The maximum Gasteiger partial charge on any atom is 0.336 e. The zero-order valence-electron chi connectivity index (χ0n) is 17.7. The van der Waals surface area contributed by atoms with E-state index in [1.807, 2.05) is 0 Å². The summed E-state index contributed by atoms with van der Waals surface area (Å²) in [4.78, 5) is 25.6. The van der Waals surface area contributed by atoms with Crippen molar-refractivity contribution < 1.29 is 28.9 Å². The van der Waals surface area contributed by atoms with Gasteiger partial charge in [-0.05, 0) is 45.4 Å². The van der Waals surface area contributed by atoms with Gasteiger partial charge in [0, 0.05) is 11.4 Å². The molecule has 30 heavy (non-hydrogen) atoms. The van der Waals surface area contributed by atoms with Crippen molar-refractivity contribution in [1.29, 1.82) is 0 Å². The predicted molar refractivity (Wildman–Crippen MR) is 113 cm³/mol. The van der Waals surface area contributed by atoms with Crippen molar-refractivity contribution in [2.45, 2.75) is 39.7 Å². The van der Waals surface area contributed by atoms with Crippen LogP contribution in [0.25, 0.3) is 0 Å². The van der Waals surface area contributed by atoms with Gasteiger partial charge < -0.3 is 24.6 Å². The molecule has 0 radical (unpaired) electrons. The first kappa shape index (κ1) is 23.8. The van der Waals surface area contributed by atoms with Crippen LogP contribution in [-0.2, 0) is 19.1 Å². The fourth-order valence-electron chi connectivity index (χ4n) is 3.31. The first-order valence-corrected chi connectivity index (χ1v) is 10.4. The Kier molecular flexibility index (Phi) is 8.74. The maximum atomic E-state index is 12.8. The predicted octanol–water partition coefficient (Wildman–Crippen LogP) is 3.03. The fourth-order valence-corrected chi connectivity index (χ4v) is 3.40. The van der Waals surface area contributed by atoms with Gasteiger partial charge in [-0.2, -0.15) is 0 Å². The van der Waals surface area contributed by atoms with E-state index in [2.05, 4.69) is 5.32 Å². The first-order chi connectivity index (χ1) is 14.3. The third kappa shape index (κ3) is 5.55. The van der Waals surface area contributed by atoms with E-state index in [-0.39, 0.29) is 25.7 Å². The van der Waals surface area contributed by atoms with Crippen molar-refractivity contribution in [2.24, 2.45) is 0 Å². The fraction of sp³-hybridized carbons (Fsp3) is 0.455. The third-order valence-corrected chi connectivity index (χ3v) is 4.92. The molecule has 2 N–H and O–H groups in total. The van der Waals surface area contributed by atoms with Crippen LogP contribution in [0.2, 0.25) is 0 Å². The largest absolute Gasteiger partial charge is 0.491 e. The average molecular weight is 438 g/mol. The van der Waals surface area contributed by atoms with Crippen molar-refractivity contribution >= 4 is 23.5 Å². The summed E-state index contributed by atoms with van der Waals surface area (Å²) < 4.78 is 16.1. The number of allylic oxidation sites excluding steroid dienone is 2. The summed E-state index contributed by atoms with van der Waals surface area (Å²) >= 11 is 5.62. The van der Waals surface area contributed by atoms with Gasteiger partial charge in [-0.25, -0.2) is 9.59 Å². The first-order valence-electron chi connectivity index (χ1n) is 9.83. The summed E-state index contributed by atoms with van der Waals surface area (Å²) in [6, 6.07) is 7.03. The smallest absolute Gasteiger partial charge is 0.336 e. The van der Waals surface area contributed by atoms with Crippen LogP contribution in [0.15, 0.2) is 46.8 Å². The molecule has 7 nitrogen and oxygen atoms in total. The molecule has 1 heterocycles. The standard InChI is InChI=1S/C22H28ClNO6/c1-5-28-21(26)18-13(3)24-14(4)19(22(27)29-6-2)20(18)15-8-7-9-17(10-15)30-12-16(25)11-23/h7-10,16,20,24-25H,5-6,11-12H2,1-4H3. The van der Waals surface area contributed by atoms with Crippen LogP contribution in [0.3, 0.4) is 0 Å². The molecule has 1 aliphatic heterocycles. The second kappa shape index (κ2) is 11.0. The zero-order valence-corrected chi connectivity index (χ0v) is 18.4. The number of aliphatic hydroxyl groups is 1. The number of halogens is 1. The molecule has 1 unspecified atom stereocenters. The number of aliphatic hydroxyl groups excluding tert-OH is 1. The number of carbonyl (C=O) groups is 2. The summed E-state index contributed by atoms with van der Waals surface area (Å²) in [5.41, 5.74) is 2.55. The van der Waals surface area contributed by atoms with Crippen molar-refractivity contribution in [1.82, 2.24) is 5.32 Å². The number of dihydropyridines is 1. The SMILES string of the molecule is CCOC(=O)C1=C(C)NC(C)=C(C(=O)OCC)C1c1cccc(OCC(O)CCl)c1. The Hall–Kier alpha value is -2.51. The molecule has 2 rings (SSSR count). The van der Waals surface area contributed by atoms with E-state index in [1.165, 1.54) is 0 Å².